The van der Waals surface area contributed by atoms with Crippen LogP contribution in [0.15, 0.2) is 77.7 Å². The zero-order chi connectivity index (χ0) is 20.8. The predicted molar refractivity (Wildman–Crippen MR) is 110 cm³/mol. The minimum Gasteiger partial charge on any atom is -0.258 e. The molecule has 1 heterocycles. The van der Waals surface area contributed by atoms with Gasteiger partial charge in [-0.3, -0.25) is 10.1 Å². The van der Waals surface area contributed by atoms with Gasteiger partial charge in [0.15, 0.2) is 0 Å². The zero-order valence-electron chi connectivity index (χ0n) is 15.4. The maximum absolute atomic E-state index is 13.4. The highest BCUT2D eigenvalue weighted by Crippen LogP contribution is 2.60. The number of benzene rings is 3. The second-order valence-corrected chi connectivity index (χ2v) is 9.13. The van der Waals surface area contributed by atoms with Gasteiger partial charge in [0.2, 0.25) is 10.0 Å². The Morgan fingerprint density at radius 2 is 1.45 bits per heavy atom. The lowest BCUT2D eigenvalue weighted by Crippen LogP contribution is -2.14. The highest BCUT2D eigenvalue weighted by atomic mass is 35.5. The van der Waals surface area contributed by atoms with Crippen LogP contribution in [0.5, 0.6) is 0 Å². The Kier molecular flexibility index (Phi) is 4.90. The van der Waals surface area contributed by atoms with E-state index >= 15 is 0 Å². The van der Waals surface area contributed by atoms with Crippen LogP contribution >= 0.6 is 11.6 Å². The van der Waals surface area contributed by atoms with Crippen molar-refractivity contribution in [3.05, 3.63) is 105 Å². The molecule has 0 aromatic heterocycles. The first kappa shape index (κ1) is 19.6. The molecule has 4 rings (SSSR count). The Hall–Kier alpha value is -2.74. The second-order valence-electron chi connectivity index (χ2n) is 6.88. The van der Waals surface area contributed by atoms with Crippen molar-refractivity contribution in [2.75, 3.05) is 0 Å². The number of aryl methyl sites for hydroxylation is 1. The lowest BCUT2D eigenvalue weighted by Gasteiger charge is -2.08. The van der Waals surface area contributed by atoms with Crippen molar-refractivity contribution in [2.45, 2.75) is 23.9 Å². The van der Waals surface area contributed by atoms with E-state index in [0.29, 0.717) is 16.1 Å². The molecule has 1 unspecified atom stereocenters. The molecule has 3 aromatic rings. The van der Waals surface area contributed by atoms with Crippen molar-refractivity contribution in [3.8, 4) is 0 Å². The lowest BCUT2D eigenvalue weighted by molar-refractivity contribution is -0.385. The molecule has 8 heteroatoms. The number of hydrogen-bond donors (Lipinski definition) is 0. The molecule has 1 aliphatic rings. The summed E-state index contributed by atoms with van der Waals surface area (Å²) in [6, 6.07) is 18.4. The second kappa shape index (κ2) is 7.26. The van der Waals surface area contributed by atoms with E-state index in [4.69, 9.17) is 11.6 Å². The first-order valence-corrected chi connectivity index (χ1v) is 10.7. The molecule has 0 radical (unpaired) electrons. The van der Waals surface area contributed by atoms with E-state index < -0.39 is 27.0 Å². The average Bonchev–Trinajstić information content (AvgIpc) is 3.45. The van der Waals surface area contributed by atoms with Crippen molar-refractivity contribution < 1.29 is 13.3 Å². The zero-order valence-corrected chi connectivity index (χ0v) is 17.0. The van der Waals surface area contributed by atoms with Gasteiger partial charge >= 0.3 is 0 Å². The monoisotopic (exact) mass is 428 g/mol. The summed E-state index contributed by atoms with van der Waals surface area (Å²) in [7, 11) is -3.88. The first-order chi connectivity index (χ1) is 13.8. The van der Waals surface area contributed by atoms with E-state index in [-0.39, 0.29) is 10.6 Å². The summed E-state index contributed by atoms with van der Waals surface area (Å²) in [6.45, 7) is 1.87. The number of halogens is 1. The molecule has 1 saturated heterocycles. The Balaban J connectivity index is 1.86. The third-order valence-electron chi connectivity index (χ3n) is 5.03. The van der Waals surface area contributed by atoms with Gasteiger partial charge in [0, 0.05) is 11.1 Å². The SMILES string of the molecule is Cc1ccc(S(=O)(=O)N2[C@H](c3ccccc3Cl)[C@H]2c2ccccc2[N+](=O)[O-])cc1. The van der Waals surface area contributed by atoms with Gasteiger partial charge in [-0.1, -0.05) is 65.7 Å². The standard InChI is InChI=1S/C21H17ClN2O4S/c1-14-10-12-15(13-11-14)29(27,28)23-20(16-6-2-4-8-18(16)22)21(23)17-7-3-5-9-19(17)24(25)26/h2-13,20-21H,1H3/t20-,21-,23?/m1/s1. The quantitative estimate of drug-likeness (QED) is 0.324. The summed E-state index contributed by atoms with van der Waals surface area (Å²) in [4.78, 5) is 11.2. The van der Waals surface area contributed by atoms with Gasteiger partial charge in [-0.25, -0.2) is 8.42 Å². The number of nitrogens with zero attached hydrogens (tertiary/aromatic N) is 2. The molecule has 0 N–H and O–H groups in total. The summed E-state index contributed by atoms with van der Waals surface area (Å²) in [5.74, 6) is 0. The molecule has 0 saturated carbocycles. The van der Waals surface area contributed by atoms with Gasteiger partial charge < -0.3 is 0 Å². The maximum Gasteiger partial charge on any atom is 0.274 e. The molecule has 3 atom stereocenters. The Morgan fingerprint density at radius 3 is 2.07 bits per heavy atom. The predicted octanol–water partition coefficient (Wildman–Crippen LogP) is 5.04. The summed E-state index contributed by atoms with van der Waals surface area (Å²) in [6.07, 6.45) is 0. The number of sulfonamides is 1. The average molecular weight is 429 g/mol. The van der Waals surface area contributed by atoms with Crippen LogP contribution < -0.4 is 0 Å². The number of para-hydroxylation sites is 1. The Morgan fingerprint density at radius 1 is 0.897 bits per heavy atom. The van der Waals surface area contributed by atoms with Gasteiger partial charge in [0.1, 0.15) is 0 Å². The fourth-order valence-corrected chi connectivity index (χ4v) is 5.55. The highest BCUT2D eigenvalue weighted by molar-refractivity contribution is 7.89. The van der Waals surface area contributed by atoms with Gasteiger partial charge in [-0.15, -0.1) is 0 Å². The lowest BCUT2D eigenvalue weighted by atomic mass is 10.0. The molecule has 1 fully saturated rings. The normalized spacial score (nSPS) is 21.0. The van der Waals surface area contributed by atoms with Crippen LogP contribution in [0.2, 0.25) is 5.02 Å². The number of nitro benzene ring substituents is 1. The van der Waals surface area contributed by atoms with E-state index in [9.17, 15) is 18.5 Å². The van der Waals surface area contributed by atoms with E-state index in [1.165, 1.54) is 10.4 Å². The topological polar surface area (TPSA) is 80.3 Å². The largest absolute Gasteiger partial charge is 0.274 e. The van der Waals surface area contributed by atoms with Gasteiger partial charge in [0.25, 0.3) is 5.69 Å². The van der Waals surface area contributed by atoms with Crippen LogP contribution in [0, 0.1) is 17.0 Å². The smallest absolute Gasteiger partial charge is 0.258 e. The highest BCUT2D eigenvalue weighted by Gasteiger charge is 2.59. The molecule has 0 bridgehead atoms. The minimum absolute atomic E-state index is 0.115. The van der Waals surface area contributed by atoms with Gasteiger partial charge in [-0.2, -0.15) is 4.31 Å². The molecule has 29 heavy (non-hydrogen) atoms. The molecular weight excluding hydrogens is 412 g/mol. The van der Waals surface area contributed by atoms with E-state index in [1.807, 2.05) is 6.92 Å². The first-order valence-electron chi connectivity index (χ1n) is 8.90. The number of nitro groups is 1. The Bertz CT molecular complexity index is 1200. The van der Waals surface area contributed by atoms with Crippen LogP contribution in [-0.4, -0.2) is 17.6 Å². The van der Waals surface area contributed by atoms with Crippen LogP contribution in [0.1, 0.15) is 28.8 Å². The Labute approximate surface area is 173 Å². The van der Waals surface area contributed by atoms with Gasteiger partial charge in [0.05, 0.1) is 27.5 Å². The number of rotatable bonds is 5. The summed E-state index contributed by atoms with van der Waals surface area (Å²) < 4.78 is 28.1. The maximum atomic E-state index is 13.4. The van der Waals surface area contributed by atoms with Crippen molar-refractivity contribution in [2.24, 2.45) is 0 Å². The van der Waals surface area contributed by atoms with Crippen molar-refractivity contribution in [1.29, 1.82) is 0 Å². The minimum atomic E-state index is -3.88. The third kappa shape index (κ3) is 3.42. The summed E-state index contributed by atoms with van der Waals surface area (Å²) in [5, 5.41) is 12.0. The van der Waals surface area contributed by atoms with E-state index in [1.54, 1.807) is 66.7 Å². The van der Waals surface area contributed by atoms with E-state index in [0.717, 1.165) is 5.56 Å². The molecule has 6 nitrogen and oxygen atoms in total. The van der Waals surface area contributed by atoms with Crippen molar-refractivity contribution >= 4 is 27.3 Å². The fraction of sp³-hybridized carbons (Fsp3) is 0.143. The van der Waals surface area contributed by atoms with Crippen molar-refractivity contribution in [1.82, 2.24) is 4.31 Å². The molecule has 0 aliphatic carbocycles. The van der Waals surface area contributed by atoms with Crippen LogP contribution in [-0.2, 0) is 10.0 Å². The summed E-state index contributed by atoms with van der Waals surface area (Å²) in [5.41, 5.74) is 1.79. The van der Waals surface area contributed by atoms with E-state index in [2.05, 4.69) is 0 Å². The summed E-state index contributed by atoms with van der Waals surface area (Å²) >= 11 is 6.34. The molecular formula is C21H17ClN2O4S. The van der Waals surface area contributed by atoms with Crippen molar-refractivity contribution in [3.63, 3.8) is 0 Å². The molecule has 148 valence electrons. The molecule has 0 amide bonds. The van der Waals surface area contributed by atoms with Gasteiger partial charge in [-0.05, 0) is 30.7 Å². The fourth-order valence-electron chi connectivity index (χ4n) is 3.58. The van der Waals surface area contributed by atoms with Crippen LogP contribution in [0.25, 0.3) is 0 Å². The third-order valence-corrected chi connectivity index (χ3v) is 7.25. The molecule has 0 spiro atoms. The molecule has 3 aromatic carbocycles. The number of hydrogen-bond acceptors (Lipinski definition) is 4. The van der Waals surface area contributed by atoms with Crippen LogP contribution in [0.3, 0.4) is 0 Å². The van der Waals surface area contributed by atoms with Crippen LogP contribution in [0.4, 0.5) is 5.69 Å². The molecule has 1 aliphatic heterocycles.